The average Bonchev–Trinajstić information content (AvgIpc) is 3.35. The van der Waals surface area contributed by atoms with Crippen LogP contribution in [0.3, 0.4) is 0 Å². The lowest BCUT2D eigenvalue weighted by molar-refractivity contribution is -0.136. The molecule has 6 amide bonds. The number of carbonyl (C=O) groups excluding carboxylic acids is 5. The number of aromatic nitrogens is 2. The molecule has 1 fully saturated rings. The lowest BCUT2D eigenvalue weighted by Crippen LogP contribution is -2.54. The number of hydrogen-bond acceptors (Lipinski definition) is 8. The molecule has 11 nitrogen and oxygen atoms in total. The number of fused-ring (bicyclic) bond motifs is 2. The average molecular weight is 571 g/mol. The summed E-state index contributed by atoms with van der Waals surface area (Å²) in [4.78, 5) is 71.8. The van der Waals surface area contributed by atoms with E-state index >= 15 is 0 Å². The number of thiazole rings is 1. The van der Waals surface area contributed by atoms with E-state index in [1.165, 1.54) is 23.5 Å². The summed E-state index contributed by atoms with van der Waals surface area (Å²) in [5.74, 6) is -2.53. The second-order valence-corrected chi connectivity index (χ2v) is 10.7. The molecule has 0 radical (unpaired) electrons. The Bertz CT molecular complexity index is 1480. The smallest absolute Gasteiger partial charge is 0.321 e. The molecule has 3 aromatic rings. The number of urea groups is 1. The second-order valence-electron chi connectivity index (χ2n) is 8.85. The van der Waals surface area contributed by atoms with Crippen LogP contribution in [0.25, 0.3) is 10.2 Å². The van der Waals surface area contributed by atoms with Crippen molar-refractivity contribution in [3.63, 3.8) is 0 Å². The van der Waals surface area contributed by atoms with Crippen molar-refractivity contribution in [2.75, 3.05) is 5.32 Å². The first-order valence-electron chi connectivity index (χ1n) is 10.9. The molecule has 3 N–H and O–H groups in total. The number of anilines is 1. The Morgan fingerprint density at radius 1 is 1.14 bits per heavy atom. The maximum atomic E-state index is 12.9. The van der Waals surface area contributed by atoms with Gasteiger partial charge >= 0.3 is 6.03 Å². The molecule has 1 aromatic carbocycles. The van der Waals surface area contributed by atoms with E-state index in [9.17, 15) is 24.0 Å². The van der Waals surface area contributed by atoms with Gasteiger partial charge in [-0.3, -0.25) is 34.7 Å². The van der Waals surface area contributed by atoms with E-state index in [4.69, 9.17) is 0 Å². The standard InChI is InChI=1S/C23H19BrN6O5S/c1-23(2,21-28-17-11(24)4-3-5-13(17)36-21)29-22(35)26-14-8-6-10-16(25-14)20(34)30(19(10)33)12-7-9-15(31)27-18(12)32/h3-6,8,12H,7,9H2,1-2H3,(H,27,31,32)(H2,25,26,29,35). The number of pyridine rings is 1. The summed E-state index contributed by atoms with van der Waals surface area (Å²) >= 11 is 4.94. The molecule has 0 aliphatic carbocycles. The van der Waals surface area contributed by atoms with Crippen LogP contribution in [0.2, 0.25) is 0 Å². The first-order valence-corrected chi connectivity index (χ1v) is 12.5. The number of amides is 6. The molecule has 1 atom stereocenters. The number of carbonyl (C=O) groups is 5. The van der Waals surface area contributed by atoms with E-state index in [0.29, 0.717) is 5.01 Å². The molecular weight excluding hydrogens is 552 g/mol. The van der Waals surface area contributed by atoms with Gasteiger partial charge in [-0.15, -0.1) is 11.3 Å². The van der Waals surface area contributed by atoms with Crippen LogP contribution in [-0.2, 0) is 15.1 Å². The summed E-state index contributed by atoms with van der Waals surface area (Å²) < 4.78 is 1.83. The van der Waals surface area contributed by atoms with Crippen LogP contribution in [0.15, 0.2) is 34.8 Å². The third-order valence-corrected chi connectivity index (χ3v) is 7.84. The molecule has 36 heavy (non-hydrogen) atoms. The molecule has 1 saturated heterocycles. The van der Waals surface area contributed by atoms with E-state index < -0.39 is 41.2 Å². The normalized spacial score (nSPS) is 17.9. The van der Waals surface area contributed by atoms with Crippen molar-refractivity contribution in [1.29, 1.82) is 0 Å². The van der Waals surface area contributed by atoms with Crippen molar-refractivity contribution in [2.45, 2.75) is 38.3 Å². The van der Waals surface area contributed by atoms with Crippen LogP contribution >= 0.6 is 27.3 Å². The molecule has 4 heterocycles. The quantitative estimate of drug-likeness (QED) is 0.408. The van der Waals surface area contributed by atoms with Gasteiger partial charge in [0.25, 0.3) is 11.8 Å². The fourth-order valence-corrected chi connectivity index (χ4v) is 5.72. The Morgan fingerprint density at radius 2 is 1.92 bits per heavy atom. The van der Waals surface area contributed by atoms with Gasteiger partial charge in [0, 0.05) is 10.9 Å². The predicted molar refractivity (Wildman–Crippen MR) is 133 cm³/mol. The lowest BCUT2D eigenvalue weighted by Gasteiger charge is -2.27. The van der Waals surface area contributed by atoms with E-state index in [0.717, 1.165) is 19.6 Å². The van der Waals surface area contributed by atoms with Crippen molar-refractivity contribution in [3.05, 3.63) is 51.1 Å². The minimum absolute atomic E-state index is 0.0195. The van der Waals surface area contributed by atoms with Gasteiger partial charge in [-0.05, 0) is 60.5 Å². The van der Waals surface area contributed by atoms with Crippen molar-refractivity contribution >= 4 is 73.0 Å². The summed E-state index contributed by atoms with van der Waals surface area (Å²) in [5, 5.41) is 8.28. The highest BCUT2D eigenvalue weighted by Crippen LogP contribution is 2.33. The van der Waals surface area contributed by atoms with E-state index in [2.05, 4.69) is 41.8 Å². The monoisotopic (exact) mass is 570 g/mol. The SMILES string of the molecule is CC(C)(NC(=O)Nc1ccc2c(n1)C(=O)N(C1CCC(=O)NC1=O)C2=O)c1nc2c(Br)cccc2s1. The molecule has 0 bridgehead atoms. The summed E-state index contributed by atoms with van der Waals surface area (Å²) in [6, 6.07) is 6.86. The number of halogens is 1. The number of rotatable bonds is 4. The van der Waals surface area contributed by atoms with Gasteiger partial charge in [-0.1, -0.05) is 6.07 Å². The zero-order valence-corrected chi connectivity index (χ0v) is 21.4. The van der Waals surface area contributed by atoms with Gasteiger partial charge in [-0.25, -0.2) is 14.8 Å². The number of hydrogen-bond donors (Lipinski definition) is 3. The molecule has 13 heteroatoms. The molecule has 2 aliphatic rings. The Morgan fingerprint density at radius 3 is 2.64 bits per heavy atom. The van der Waals surface area contributed by atoms with Gasteiger partial charge in [0.1, 0.15) is 22.6 Å². The van der Waals surface area contributed by atoms with Gasteiger partial charge in [0.2, 0.25) is 11.8 Å². The zero-order valence-electron chi connectivity index (χ0n) is 19.0. The van der Waals surface area contributed by atoms with Crippen molar-refractivity contribution in [3.8, 4) is 0 Å². The van der Waals surface area contributed by atoms with Crippen LogP contribution < -0.4 is 16.0 Å². The number of nitrogens with zero attached hydrogens (tertiary/aromatic N) is 3. The van der Waals surface area contributed by atoms with Crippen molar-refractivity contribution < 1.29 is 24.0 Å². The molecule has 1 unspecified atom stereocenters. The number of para-hydroxylation sites is 1. The molecular formula is C23H19BrN6O5S. The van der Waals surface area contributed by atoms with Crippen LogP contribution in [0.5, 0.6) is 0 Å². The fourth-order valence-electron chi connectivity index (χ4n) is 4.08. The Hall–Kier alpha value is -3.71. The summed E-state index contributed by atoms with van der Waals surface area (Å²) in [5.41, 5.74) is -0.163. The van der Waals surface area contributed by atoms with Crippen LogP contribution in [0, 0.1) is 0 Å². The van der Waals surface area contributed by atoms with Gasteiger partial charge in [-0.2, -0.15) is 0 Å². The third kappa shape index (κ3) is 4.13. The van der Waals surface area contributed by atoms with Gasteiger partial charge in [0.15, 0.2) is 0 Å². The molecule has 2 aliphatic heterocycles. The summed E-state index contributed by atoms with van der Waals surface area (Å²) in [6.07, 6.45) is 0.0622. The molecule has 0 saturated carbocycles. The summed E-state index contributed by atoms with van der Waals surface area (Å²) in [7, 11) is 0. The zero-order chi connectivity index (χ0) is 25.8. The van der Waals surface area contributed by atoms with Crippen molar-refractivity contribution in [2.24, 2.45) is 0 Å². The predicted octanol–water partition coefficient (Wildman–Crippen LogP) is 2.91. The molecule has 5 rings (SSSR count). The van der Waals surface area contributed by atoms with Crippen LogP contribution in [-0.4, -0.2) is 50.6 Å². The third-order valence-electron chi connectivity index (χ3n) is 5.86. The van der Waals surface area contributed by atoms with E-state index in [1.807, 2.05) is 32.0 Å². The summed E-state index contributed by atoms with van der Waals surface area (Å²) in [6.45, 7) is 3.63. The first kappa shape index (κ1) is 24.0. The minimum Gasteiger partial charge on any atom is -0.326 e. The highest BCUT2D eigenvalue weighted by molar-refractivity contribution is 9.10. The Kier molecular flexibility index (Phi) is 5.83. The first-order chi connectivity index (χ1) is 17.0. The van der Waals surface area contributed by atoms with Gasteiger partial charge in [0.05, 0.1) is 21.3 Å². The topological polar surface area (TPSA) is 150 Å². The largest absolute Gasteiger partial charge is 0.326 e. The Balaban J connectivity index is 1.32. The Labute approximate surface area is 216 Å². The van der Waals surface area contributed by atoms with Crippen LogP contribution in [0.4, 0.5) is 10.6 Å². The number of benzene rings is 1. The van der Waals surface area contributed by atoms with E-state index in [1.54, 1.807) is 0 Å². The number of piperidine rings is 1. The maximum absolute atomic E-state index is 12.9. The lowest BCUT2D eigenvalue weighted by atomic mass is 10.0. The second kappa shape index (κ2) is 8.75. The fraction of sp³-hybridized carbons (Fsp3) is 0.261. The molecule has 0 spiro atoms. The minimum atomic E-state index is -1.09. The van der Waals surface area contributed by atoms with Crippen LogP contribution in [0.1, 0.15) is 52.5 Å². The van der Waals surface area contributed by atoms with Gasteiger partial charge < -0.3 is 5.32 Å². The molecule has 184 valence electrons. The number of nitrogens with one attached hydrogen (secondary N) is 3. The van der Waals surface area contributed by atoms with E-state index in [-0.39, 0.29) is 29.9 Å². The van der Waals surface area contributed by atoms with Crippen molar-refractivity contribution in [1.82, 2.24) is 25.5 Å². The highest BCUT2D eigenvalue weighted by Gasteiger charge is 2.45. The maximum Gasteiger partial charge on any atom is 0.321 e. The molecule has 2 aromatic heterocycles. The number of imide groups is 2. The highest BCUT2D eigenvalue weighted by atomic mass is 79.9.